The molecule has 1 saturated carbocycles. The molecule has 0 bridgehead atoms. The minimum absolute atomic E-state index is 0.0413. The van der Waals surface area contributed by atoms with Gasteiger partial charge in [0.25, 0.3) is 0 Å². The number of methoxy groups -OCH3 is 1. The molecule has 1 unspecified atom stereocenters. The number of hydrogen-bond acceptors (Lipinski definition) is 2. The Bertz CT molecular complexity index is 269. The van der Waals surface area contributed by atoms with Crippen molar-refractivity contribution in [2.75, 3.05) is 19.6 Å². The molecule has 0 spiro atoms. The molecule has 1 atom stereocenters. The number of ether oxygens (including phenoxy) is 1. The summed E-state index contributed by atoms with van der Waals surface area (Å²) in [5.41, 5.74) is -0.146. The summed E-state index contributed by atoms with van der Waals surface area (Å²) >= 11 is 5.79. The molecule has 19 heavy (non-hydrogen) atoms. The smallest absolute Gasteiger partial charge is 0.226 e. The third kappa shape index (κ3) is 4.96. The third-order valence-corrected chi connectivity index (χ3v) is 4.22. The molecule has 0 saturated heterocycles. The fraction of sp³-hybridized carbons (Fsp3) is 0.933. The lowest BCUT2D eigenvalue weighted by molar-refractivity contribution is -0.133. The van der Waals surface area contributed by atoms with E-state index in [1.165, 1.54) is 12.8 Å². The van der Waals surface area contributed by atoms with Crippen LogP contribution in [0.2, 0.25) is 0 Å². The molecule has 112 valence electrons. The topological polar surface area (TPSA) is 38.3 Å². The Kier molecular flexibility index (Phi) is 7.16. The van der Waals surface area contributed by atoms with Crippen LogP contribution in [0.5, 0.6) is 0 Å². The van der Waals surface area contributed by atoms with E-state index in [0.717, 1.165) is 25.7 Å². The number of nitrogens with one attached hydrogen (secondary N) is 1. The Morgan fingerprint density at radius 1 is 1.37 bits per heavy atom. The Morgan fingerprint density at radius 3 is 2.47 bits per heavy atom. The first kappa shape index (κ1) is 16.8. The van der Waals surface area contributed by atoms with E-state index in [0.29, 0.717) is 18.4 Å². The van der Waals surface area contributed by atoms with Crippen molar-refractivity contribution in [3.8, 4) is 0 Å². The maximum absolute atomic E-state index is 12.7. The van der Waals surface area contributed by atoms with Crippen LogP contribution in [0.15, 0.2) is 0 Å². The van der Waals surface area contributed by atoms with Gasteiger partial charge < -0.3 is 10.1 Å². The highest BCUT2D eigenvalue weighted by molar-refractivity contribution is 6.17. The van der Waals surface area contributed by atoms with Gasteiger partial charge in [-0.2, -0.15) is 0 Å². The number of amides is 1. The molecule has 0 radical (unpaired) electrons. The van der Waals surface area contributed by atoms with E-state index in [1.807, 2.05) is 0 Å². The van der Waals surface area contributed by atoms with Crippen LogP contribution in [-0.2, 0) is 9.53 Å². The summed E-state index contributed by atoms with van der Waals surface area (Å²) in [5.74, 6) is 1.31. The summed E-state index contributed by atoms with van der Waals surface area (Å²) in [5, 5.41) is 3.16. The molecule has 1 N–H and O–H groups in total. The van der Waals surface area contributed by atoms with Gasteiger partial charge in [-0.15, -0.1) is 11.6 Å². The highest BCUT2D eigenvalue weighted by Crippen LogP contribution is 2.43. The normalized spacial score (nSPS) is 19.6. The lowest BCUT2D eigenvalue weighted by Gasteiger charge is -2.31. The van der Waals surface area contributed by atoms with E-state index in [2.05, 4.69) is 19.2 Å². The van der Waals surface area contributed by atoms with Crippen molar-refractivity contribution in [2.24, 2.45) is 11.3 Å². The van der Waals surface area contributed by atoms with Crippen LogP contribution in [-0.4, -0.2) is 31.5 Å². The van der Waals surface area contributed by atoms with Gasteiger partial charge in [-0.3, -0.25) is 4.79 Å². The number of alkyl halides is 1. The van der Waals surface area contributed by atoms with E-state index < -0.39 is 0 Å². The minimum Gasteiger partial charge on any atom is -0.383 e. The van der Waals surface area contributed by atoms with Gasteiger partial charge in [-0.25, -0.2) is 0 Å². The summed E-state index contributed by atoms with van der Waals surface area (Å²) < 4.78 is 5.16. The Hall–Kier alpha value is -0.280. The summed E-state index contributed by atoms with van der Waals surface area (Å²) in [6.45, 7) is 4.92. The fourth-order valence-corrected chi connectivity index (χ4v) is 3.49. The first-order chi connectivity index (χ1) is 9.04. The summed E-state index contributed by atoms with van der Waals surface area (Å²) in [4.78, 5) is 12.7. The van der Waals surface area contributed by atoms with E-state index in [4.69, 9.17) is 16.3 Å². The van der Waals surface area contributed by atoms with Crippen LogP contribution < -0.4 is 5.32 Å². The van der Waals surface area contributed by atoms with E-state index >= 15 is 0 Å². The number of halogens is 1. The van der Waals surface area contributed by atoms with E-state index in [9.17, 15) is 4.79 Å². The van der Waals surface area contributed by atoms with Crippen molar-refractivity contribution in [3.63, 3.8) is 0 Å². The van der Waals surface area contributed by atoms with Gasteiger partial charge in [0.1, 0.15) is 0 Å². The zero-order valence-electron chi connectivity index (χ0n) is 12.5. The molecule has 1 aliphatic rings. The zero-order valence-corrected chi connectivity index (χ0v) is 13.3. The van der Waals surface area contributed by atoms with Gasteiger partial charge in [-0.05, 0) is 31.6 Å². The van der Waals surface area contributed by atoms with Crippen LogP contribution in [0, 0.1) is 11.3 Å². The predicted octanol–water partition coefficient (Wildman–Crippen LogP) is 3.35. The number of carbonyl (C=O) groups excluding carboxylic acids is 1. The lowest BCUT2D eigenvalue weighted by Crippen LogP contribution is -2.46. The quantitative estimate of drug-likeness (QED) is 0.696. The van der Waals surface area contributed by atoms with Crippen LogP contribution in [0.25, 0.3) is 0 Å². The van der Waals surface area contributed by atoms with Crippen LogP contribution >= 0.6 is 11.6 Å². The predicted molar refractivity (Wildman–Crippen MR) is 79.5 cm³/mol. The number of rotatable bonds is 8. The highest BCUT2D eigenvalue weighted by atomic mass is 35.5. The van der Waals surface area contributed by atoms with E-state index in [1.54, 1.807) is 7.11 Å². The van der Waals surface area contributed by atoms with Crippen LogP contribution in [0.1, 0.15) is 52.4 Å². The standard InChI is InChI=1S/C15H28ClNO2/c1-12(2)10-15(7-4-5-8-15)14(18)17-13(6-9-16)11-19-3/h12-13H,4-11H2,1-3H3,(H,17,18). The molecule has 3 nitrogen and oxygen atoms in total. The molecule has 0 aromatic carbocycles. The first-order valence-electron chi connectivity index (χ1n) is 7.40. The molecular formula is C15H28ClNO2. The Labute approximate surface area is 122 Å². The van der Waals surface area contributed by atoms with Gasteiger partial charge in [-0.1, -0.05) is 26.7 Å². The minimum atomic E-state index is -0.146. The van der Waals surface area contributed by atoms with Crippen molar-refractivity contribution in [1.82, 2.24) is 5.32 Å². The average molecular weight is 290 g/mol. The van der Waals surface area contributed by atoms with Gasteiger partial charge in [0.2, 0.25) is 5.91 Å². The second-order valence-corrected chi connectivity index (χ2v) is 6.57. The first-order valence-corrected chi connectivity index (χ1v) is 7.93. The summed E-state index contributed by atoms with van der Waals surface area (Å²) in [7, 11) is 1.66. The molecule has 0 aromatic heterocycles. The third-order valence-electron chi connectivity index (χ3n) is 4.00. The average Bonchev–Trinajstić information content (AvgIpc) is 2.78. The second-order valence-electron chi connectivity index (χ2n) is 6.19. The van der Waals surface area contributed by atoms with Crippen molar-refractivity contribution >= 4 is 17.5 Å². The molecule has 1 rings (SSSR count). The molecule has 4 heteroatoms. The summed E-state index contributed by atoms with van der Waals surface area (Å²) in [6.07, 6.45) is 6.14. The second kappa shape index (κ2) is 8.11. The Morgan fingerprint density at radius 2 is 2.00 bits per heavy atom. The monoisotopic (exact) mass is 289 g/mol. The molecule has 1 aliphatic carbocycles. The Balaban J connectivity index is 2.65. The van der Waals surface area contributed by atoms with Crippen molar-refractivity contribution in [2.45, 2.75) is 58.4 Å². The SMILES string of the molecule is COCC(CCCl)NC(=O)C1(CC(C)C)CCCC1. The summed E-state index contributed by atoms with van der Waals surface area (Å²) in [6, 6.07) is 0.0413. The largest absolute Gasteiger partial charge is 0.383 e. The van der Waals surface area contributed by atoms with Gasteiger partial charge in [0, 0.05) is 18.4 Å². The maximum atomic E-state index is 12.7. The van der Waals surface area contributed by atoms with E-state index in [-0.39, 0.29) is 17.4 Å². The molecule has 0 aromatic rings. The maximum Gasteiger partial charge on any atom is 0.226 e. The van der Waals surface area contributed by atoms with Gasteiger partial charge in [0.15, 0.2) is 0 Å². The van der Waals surface area contributed by atoms with Gasteiger partial charge in [0.05, 0.1) is 12.6 Å². The fourth-order valence-electron chi connectivity index (χ4n) is 3.23. The highest BCUT2D eigenvalue weighted by Gasteiger charge is 2.41. The molecule has 0 heterocycles. The van der Waals surface area contributed by atoms with Gasteiger partial charge >= 0.3 is 0 Å². The zero-order chi connectivity index (χ0) is 14.3. The van der Waals surface area contributed by atoms with Crippen molar-refractivity contribution in [3.05, 3.63) is 0 Å². The molecule has 1 fully saturated rings. The van der Waals surface area contributed by atoms with Crippen LogP contribution in [0.3, 0.4) is 0 Å². The lowest BCUT2D eigenvalue weighted by atomic mass is 9.77. The molecular weight excluding hydrogens is 262 g/mol. The van der Waals surface area contributed by atoms with Crippen molar-refractivity contribution < 1.29 is 9.53 Å². The molecule has 0 aliphatic heterocycles. The number of carbonyl (C=O) groups is 1. The van der Waals surface area contributed by atoms with Crippen LogP contribution in [0.4, 0.5) is 0 Å². The number of hydrogen-bond donors (Lipinski definition) is 1. The van der Waals surface area contributed by atoms with Crippen molar-refractivity contribution in [1.29, 1.82) is 0 Å². The molecule has 1 amide bonds.